The van der Waals surface area contributed by atoms with Gasteiger partial charge in [-0.25, -0.2) is 0 Å². The van der Waals surface area contributed by atoms with Crippen LogP contribution in [0.1, 0.15) is 5.56 Å². The second-order valence-electron chi connectivity index (χ2n) is 3.48. The molecule has 1 N–H and O–H groups in total. The van der Waals surface area contributed by atoms with Crippen molar-refractivity contribution in [3.05, 3.63) is 53.1 Å². The number of aromatic hydroxyl groups is 1. The Morgan fingerprint density at radius 1 is 1.50 bits per heavy atom. The van der Waals surface area contributed by atoms with Gasteiger partial charge < -0.3 is 9.84 Å². The molecule has 18 heavy (non-hydrogen) atoms. The van der Waals surface area contributed by atoms with Crippen LogP contribution in [0, 0.1) is 11.3 Å². The zero-order chi connectivity index (χ0) is 13.7. The molecule has 0 fully saturated rings. The SMILES string of the molecule is C=C(Br)/C=C(\C(=C)C#N)c1cc(O)ccc1OC. The lowest BCUT2D eigenvalue weighted by atomic mass is 9.98. The van der Waals surface area contributed by atoms with Crippen molar-refractivity contribution in [2.75, 3.05) is 7.11 Å². The fraction of sp³-hybridized carbons (Fsp3) is 0.0714. The Hall–Kier alpha value is -1.99. The van der Waals surface area contributed by atoms with Gasteiger partial charge in [0, 0.05) is 15.6 Å². The van der Waals surface area contributed by atoms with E-state index in [4.69, 9.17) is 10.00 Å². The first-order valence-electron chi connectivity index (χ1n) is 5.02. The van der Waals surface area contributed by atoms with Crippen LogP contribution in [-0.2, 0) is 0 Å². The lowest BCUT2D eigenvalue weighted by molar-refractivity contribution is 0.411. The van der Waals surface area contributed by atoms with Crippen LogP contribution in [0.3, 0.4) is 0 Å². The molecule has 0 spiro atoms. The first-order valence-corrected chi connectivity index (χ1v) is 5.81. The molecule has 1 rings (SSSR count). The summed E-state index contributed by atoms with van der Waals surface area (Å²) in [5.74, 6) is 0.631. The van der Waals surface area contributed by atoms with Crippen molar-refractivity contribution >= 4 is 21.5 Å². The summed E-state index contributed by atoms with van der Waals surface area (Å²) in [6.45, 7) is 7.38. The molecule has 3 nitrogen and oxygen atoms in total. The number of phenolic OH excluding ortho intramolecular Hbond substituents is 1. The fourth-order valence-electron chi connectivity index (χ4n) is 1.45. The van der Waals surface area contributed by atoms with E-state index in [0.29, 0.717) is 21.4 Å². The van der Waals surface area contributed by atoms with Crippen molar-refractivity contribution in [3.8, 4) is 17.6 Å². The molecule has 0 saturated heterocycles. The van der Waals surface area contributed by atoms with Crippen molar-refractivity contribution in [1.82, 2.24) is 0 Å². The maximum atomic E-state index is 9.54. The van der Waals surface area contributed by atoms with E-state index in [1.54, 1.807) is 12.1 Å². The molecule has 92 valence electrons. The van der Waals surface area contributed by atoms with Gasteiger partial charge in [-0.05, 0) is 24.3 Å². The van der Waals surface area contributed by atoms with E-state index >= 15 is 0 Å². The predicted octanol–water partition coefficient (Wildman–Crippen LogP) is 3.77. The fourth-order valence-corrected chi connectivity index (χ4v) is 1.68. The van der Waals surface area contributed by atoms with Gasteiger partial charge in [0.15, 0.2) is 0 Å². The molecule has 1 aromatic rings. The van der Waals surface area contributed by atoms with Gasteiger partial charge in [-0.3, -0.25) is 0 Å². The van der Waals surface area contributed by atoms with E-state index in [9.17, 15) is 5.11 Å². The van der Waals surface area contributed by atoms with Crippen molar-refractivity contribution in [2.45, 2.75) is 0 Å². The number of hydrogen-bond acceptors (Lipinski definition) is 3. The maximum absolute atomic E-state index is 9.54. The number of methoxy groups -OCH3 is 1. The monoisotopic (exact) mass is 305 g/mol. The summed E-state index contributed by atoms with van der Waals surface area (Å²) in [5.41, 5.74) is 1.40. The van der Waals surface area contributed by atoms with Gasteiger partial charge in [0.25, 0.3) is 0 Å². The molecule has 1 aromatic carbocycles. The van der Waals surface area contributed by atoms with Gasteiger partial charge in [-0.1, -0.05) is 29.1 Å². The average molecular weight is 306 g/mol. The Labute approximate surface area is 114 Å². The molecule has 0 bridgehead atoms. The molecule has 0 aliphatic heterocycles. The Kier molecular flexibility index (Phi) is 4.75. The minimum atomic E-state index is 0.0858. The number of allylic oxidation sites excluding steroid dienone is 4. The van der Waals surface area contributed by atoms with Gasteiger partial charge in [0.1, 0.15) is 11.5 Å². The third-order valence-corrected chi connectivity index (χ3v) is 2.46. The molecule has 0 amide bonds. The van der Waals surface area contributed by atoms with Crippen molar-refractivity contribution in [3.63, 3.8) is 0 Å². The highest BCUT2D eigenvalue weighted by Crippen LogP contribution is 2.34. The molecule has 0 saturated carbocycles. The number of nitrogens with zero attached hydrogens (tertiary/aromatic N) is 1. The first kappa shape index (κ1) is 14.1. The Balaban J connectivity index is 3.48. The molecule has 0 aliphatic rings. The van der Waals surface area contributed by atoms with E-state index in [1.807, 2.05) is 6.07 Å². The summed E-state index contributed by atoms with van der Waals surface area (Å²) in [5, 5.41) is 18.5. The lowest BCUT2D eigenvalue weighted by Crippen LogP contribution is -1.93. The van der Waals surface area contributed by atoms with E-state index in [0.717, 1.165) is 0 Å². The molecule has 0 aliphatic carbocycles. The topological polar surface area (TPSA) is 53.2 Å². The van der Waals surface area contributed by atoms with E-state index in [-0.39, 0.29) is 11.3 Å². The number of ether oxygens (including phenoxy) is 1. The quantitative estimate of drug-likeness (QED) is 0.680. The summed E-state index contributed by atoms with van der Waals surface area (Å²) >= 11 is 3.21. The third kappa shape index (κ3) is 3.25. The minimum Gasteiger partial charge on any atom is -0.508 e. The van der Waals surface area contributed by atoms with E-state index < -0.39 is 0 Å². The second kappa shape index (κ2) is 6.08. The van der Waals surface area contributed by atoms with Crippen molar-refractivity contribution in [2.24, 2.45) is 0 Å². The molecular weight excluding hydrogens is 294 g/mol. The summed E-state index contributed by atoms with van der Waals surface area (Å²) < 4.78 is 5.81. The average Bonchev–Trinajstić information content (AvgIpc) is 2.34. The molecule has 0 aromatic heterocycles. The normalized spacial score (nSPS) is 10.6. The van der Waals surface area contributed by atoms with E-state index in [1.165, 1.54) is 19.2 Å². The highest BCUT2D eigenvalue weighted by atomic mass is 79.9. The van der Waals surface area contributed by atoms with Gasteiger partial charge in [0.2, 0.25) is 0 Å². The smallest absolute Gasteiger partial charge is 0.126 e. The molecule has 0 atom stereocenters. The summed E-state index contributed by atoms with van der Waals surface area (Å²) in [6, 6.07) is 6.63. The van der Waals surface area contributed by atoms with Crippen LogP contribution in [0.25, 0.3) is 5.57 Å². The third-order valence-electron chi connectivity index (χ3n) is 2.23. The zero-order valence-electron chi connectivity index (χ0n) is 9.90. The maximum Gasteiger partial charge on any atom is 0.126 e. The number of benzene rings is 1. The number of phenols is 1. The number of rotatable bonds is 4. The van der Waals surface area contributed by atoms with Gasteiger partial charge in [-0.2, -0.15) is 5.26 Å². The Morgan fingerprint density at radius 3 is 2.67 bits per heavy atom. The van der Waals surface area contributed by atoms with Crippen LogP contribution >= 0.6 is 15.9 Å². The van der Waals surface area contributed by atoms with Crippen LogP contribution < -0.4 is 4.74 Å². The Bertz CT molecular complexity index is 568. The summed E-state index contributed by atoms with van der Waals surface area (Å²) in [4.78, 5) is 0. The van der Waals surface area contributed by atoms with E-state index in [2.05, 4.69) is 29.1 Å². The highest BCUT2D eigenvalue weighted by molar-refractivity contribution is 9.11. The van der Waals surface area contributed by atoms with Gasteiger partial charge in [-0.15, -0.1) is 0 Å². The largest absolute Gasteiger partial charge is 0.508 e. The standard InChI is InChI=1S/C14H12BrNO2/c1-9(8-16)12(6-10(2)15)13-7-11(17)4-5-14(13)18-3/h4-7,17H,1-2H2,3H3/b12-6+. The molecule has 0 heterocycles. The minimum absolute atomic E-state index is 0.0858. The van der Waals surface area contributed by atoms with Crippen molar-refractivity contribution in [1.29, 1.82) is 5.26 Å². The summed E-state index contributed by atoms with van der Waals surface area (Å²) in [6.07, 6.45) is 1.66. The van der Waals surface area contributed by atoms with Gasteiger partial charge >= 0.3 is 0 Å². The number of halogens is 1. The molecule has 0 unspecified atom stereocenters. The number of nitriles is 1. The second-order valence-corrected chi connectivity index (χ2v) is 4.50. The molecular formula is C14H12BrNO2. The van der Waals surface area contributed by atoms with Crippen molar-refractivity contribution < 1.29 is 9.84 Å². The summed E-state index contributed by atoms with van der Waals surface area (Å²) in [7, 11) is 1.52. The Morgan fingerprint density at radius 2 is 2.17 bits per heavy atom. The molecule has 4 heteroatoms. The van der Waals surface area contributed by atoms with Crippen LogP contribution in [0.15, 0.2) is 47.5 Å². The lowest BCUT2D eigenvalue weighted by Gasteiger charge is -2.11. The van der Waals surface area contributed by atoms with Gasteiger partial charge in [0.05, 0.1) is 18.8 Å². The molecule has 0 radical (unpaired) electrons. The van der Waals surface area contributed by atoms with Crippen LogP contribution in [0.2, 0.25) is 0 Å². The zero-order valence-corrected chi connectivity index (χ0v) is 11.5. The number of hydrogen-bond donors (Lipinski definition) is 1. The van der Waals surface area contributed by atoms with Crippen LogP contribution in [0.5, 0.6) is 11.5 Å². The first-order chi connectivity index (χ1) is 8.49. The van der Waals surface area contributed by atoms with Crippen LogP contribution in [-0.4, -0.2) is 12.2 Å². The highest BCUT2D eigenvalue weighted by Gasteiger charge is 2.12. The van der Waals surface area contributed by atoms with Crippen LogP contribution in [0.4, 0.5) is 0 Å². The predicted molar refractivity (Wildman–Crippen MR) is 75.5 cm³/mol.